The summed E-state index contributed by atoms with van der Waals surface area (Å²) in [6.45, 7) is 4.51. The van der Waals surface area contributed by atoms with Crippen LogP contribution in [-0.2, 0) is 6.54 Å². The van der Waals surface area contributed by atoms with Crippen LogP contribution < -0.4 is 4.90 Å². The third-order valence-electron chi connectivity index (χ3n) is 4.79. The molecule has 0 aromatic carbocycles. The first-order chi connectivity index (χ1) is 11.2. The maximum absolute atomic E-state index is 8.52. The van der Waals surface area contributed by atoms with Crippen molar-refractivity contribution in [2.75, 3.05) is 38.1 Å². The highest BCUT2D eigenvalue weighted by Gasteiger charge is 2.26. The van der Waals surface area contributed by atoms with Crippen LogP contribution in [0.3, 0.4) is 0 Å². The lowest BCUT2D eigenvalue weighted by atomic mass is 10.1. The van der Waals surface area contributed by atoms with Crippen molar-refractivity contribution in [1.82, 2.24) is 14.3 Å². The number of imidazole rings is 1. The maximum atomic E-state index is 8.52. The van der Waals surface area contributed by atoms with Crippen LogP contribution in [0.5, 0.6) is 0 Å². The van der Waals surface area contributed by atoms with Gasteiger partial charge in [-0.05, 0) is 43.0 Å². The van der Waals surface area contributed by atoms with Crippen molar-refractivity contribution in [2.45, 2.75) is 25.3 Å². The predicted octanol–water partition coefficient (Wildman–Crippen LogP) is 2.77. The van der Waals surface area contributed by atoms with E-state index in [0.29, 0.717) is 12.5 Å². The van der Waals surface area contributed by atoms with E-state index in [-0.39, 0.29) is 0 Å². The molecule has 2 fully saturated rings. The van der Waals surface area contributed by atoms with Gasteiger partial charge in [0.15, 0.2) is 5.65 Å². The lowest BCUT2D eigenvalue weighted by molar-refractivity contribution is 0.313. The van der Waals surface area contributed by atoms with Crippen LogP contribution in [0.2, 0.25) is 0 Å². The lowest BCUT2D eigenvalue weighted by Gasteiger charge is -2.34. The zero-order valence-electron chi connectivity index (χ0n) is 13.4. The van der Waals surface area contributed by atoms with E-state index >= 15 is 0 Å². The molecule has 7 nitrogen and oxygen atoms in total. The van der Waals surface area contributed by atoms with Gasteiger partial charge in [0.2, 0.25) is 0 Å². The average molecular weight is 311 g/mol. The number of hydrogen-bond donors (Lipinski definition) is 0. The van der Waals surface area contributed by atoms with Crippen molar-refractivity contribution < 1.29 is 0 Å². The van der Waals surface area contributed by atoms with Gasteiger partial charge in [-0.1, -0.05) is 5.11 Å². The minimum absolute atomic E-state index is 0.305. The normalized spacial score (nSPS) is 19.1. The van der Waals surface area contributed by atoms with Crippen LogP contribution >= 0.6 is 0 Å². The highest BCUT2D eigenvalue weighted by Crippen LogP contribution is 2.41. The third-order valence-corrected chi connectivity index (χ3v) is 4.79. The lowest BCUT2D eigenvalue weighted by Crippen LogP contribution is -2.44. The number of piperazine rings is 1. The van der Waals surface area contributed by atoms with Gasteiger partial charge in [-0.15, -0.1) is 0 Å². The number of nitrogens with zero attached hydrogens (tertiary/aromatic N) is 7. The van der Waals surface area contributed by atoms with E-state index in [9.17, 15) is 0 Å². The molecule has 0 amide bonds. The van der Waals surface area contributed by atoms with Crippen LogP contribution in [0.15, 0.2) is 23.6 Å². The Bertz CT molecular complexity index is 762. The van der Waals surface area contributed by atoms with E-state index < -0.39 is 0 Å². The first-order valence-corrected chi connectivity index (χ1v) is 8.20. The summed E-state index contributed by atoms with van der Waals surface area (Å²) in [6.07, 6.45) is 6.76. The molecule has 1 aliphatic carbocycles. The molecule has 0 radical (unpaired) electrons. The Labute approximate surface area is 135 Å². The van der Waals surface area contributed by atoms with Crippen LogP contribution in [0.1, 0.15) is 30.0 Å². The van der Waals surface area contributed by atoms with Crippen LogP contribution in [0.4, 0.5) is 5.69 Å². The van der Waals surface area contributed by atoms with Crippen molar-refractivity contribution >= 4 is 11.3 Å². The van der Waals surface area contributed by atoms with Crippen molar-refractivity contribution in [1.29, 1.82) is 0 Å². The summed E-state index contributed by atoms with van der Waals surface area (Å²) >= 11 is 0. The number of fused-ring (bicyclic) bond motifs is 1. The Balaban J connectivity index is 1.76. The first kappa shape index (κ1) is 14.4. The topological polar surface area (TPSA) is 72.5 Å². The van der Waals surface area contributed by atoms with Gasteiger partial charge in [-0.2, -0.15) is 0 Å². The molecule has 23 heavy (non-hydrogen) atoms. The molecule has 7 heteroatoms. The Kier molecular flexibility index (Phi) is 3.59. The molecule has 1 saturated heterocycles. The van der Waals surface area contributed by atoms with Crippen molar-refractivity contribution in [2.24, 2.45) is 5.11 Å². The van der Waals surface area contributed by atoms with Crippen LogP contribution in [-0.4, -0.2) is 47.5 Å². The molecular weight excluding hydrogens is 290 g/mol. The summed E-state index contributed by atoms with van der Waals surface area (Å²) < 4.78 is 2.11. The largest absolute Gasteiger partial charge is 0.366 e. The van der Waals surface area contributed by atoms with Crippen molar-refractivity contribution in [3.05, 3.63) is 40.2 Å². The second-order valence-electron chi connectivity index (χ2n) is 6.58. The number of anilines is 1. The minimum Gasteiger partial charge on any atom is -0.366 e. The molecule has 0 atom stereocenters. The molecule has 1 saturated carbocycles. The standard InChI is InChI=1S/C16H21N7/c1-21-4-6-22(7-5-21)15-8-13(12-2-3-12)10-23-11-14(9-18-20-17)19-16(15)23/h8,10-12H,2-7,9H2,1H3. The maximum Gasteiger partial charge on any atom is 0.160 e. The zero-order chi connectivity index (χ0) is 15.8. The van der Waals surface area contributed by atoms with E-state index in [4.69, 9.17) is 10.5 Å². The van der Waals surface area contributed by atoms with Crippen LogP contribution in [0, 0.1) is 0 Å². The molecule has 4 rings (SSSR count). The van der Waals surface area contributed by atoms with Gasteiger partial charge in [0.1, 0.15) is 0 Å². The van der Waals surface area contributed by atoms with Gasteiger partial charge >= 0.3 is 0 Å². The van der Waals surface area contributed by atoms with E-state index in [1.807, 2.05) is 6.20 Å². The quantitative estimate of drug-likeness (QED) is 0.495. The fourth-order valence-electron chi connectivity index (χ4n) is 3.25. The Hall–Kier alpha value is -2.24. The van der Waals surface area contributed by atoms with Crippen LogP contribution in [0.25, 0.3) is 16.1 Å². The predicted molar refractivity (Wildman–Crippen MR) is 89.7 cm³/mol. The molecule has 0 unspecified atom stereocenters. The molecule has 0 spiro atoms. The van der Waals surface area contributed by atoms with E-state index in [1.54, 1.807) is 0 Å². The Morgan fingerprint density at radius 1 is 1.26 bits per heavy atom. The summed E-state index contributed by atoms with van der Waals surface area (Å²) in [5.41, 5.74) is 12.9. The number of hydrogen-bond acceptors (Lipinski definition) is 4. The summed E-state index contributed by atoms with van der Waals surface area (Å²) in [4.78, 5) is 12.3. The highest BCUT2D eigenvalue weighted by molar-refractivity contribution is 5.71. The Morgan fingerprint density at radius 2 is 2.04 bits per heavy atom. The average Bonchev–Trinajstić information content (AvgIpc) is 3.33. The molecule has 3 heterocycles. The second-order valence-corrected chi connectivity index (χ2v) is 6.58. The van der Waals surface area contributed by atoms with E-state index in [0.717, 1.165) is 37.5 Å². The third kappa shape index (κ3) is 2.85. The van der Waals surface area contributed by atoms with Gasteiger partial charge in [0.25, 0.3) is 0 Å². The second kappa shape index (κ2) is 5.76. The molecule has 2 aromatic heterocycles. The Morgan fingerprint density at radius 3 is 2.74 bits per heavy atom. The summed E-state index contributed by atoms with van der Waals surface area (Å²) in [5.74, 6) is 0.702. The first-order valence-electron chi connectivity index (χ1n) is 8.20. The monoisotopic (exact) mass is 311 g/mol. The summed E-state index contributed by atoms with van der Waals surface area (Å²) in [7, 11) is 2.17. The van der Waals surface area contributed by atoms with E-state index in [1.165, 1.54) is 24.1 Å². The minimum atomic E-state index is 0.305. The van der Waals surface area contributed by atoms with Gasteiger partial charge in [-0.25, -0.2) is 4.98 Å². The van der Waals surface area contributed by atoms with Crippen molar-refractivity contribution in [3.8, 4) is 0 Å². The number of azide groups is 1. The number of aromatic nitrogens is 2. The zero-order valence-corrected chi connectivity index (χ0v) is 13.4. The number of pyridine rings is 1. The van der Waals surface area contributed by atoms with Gasteiger partial charge in [0.05, 0.1) is 17.9 Å². The number of rotatable bonds is 4. The number of likely N-dealkylation sites (N-methyl/N-ethyl adjacent to an activating group) is 1. The molecular formula is C16H21N7. The van der Waals surface area contributed by atoms with Gasteiger partial charge < -0.3 is 14.2 Å². The molecule has 2 aliphatic rings. The molecule has 120 valence electrons. The summed E-state index contributed by atoms with van der Waals surface area (Å²) in [6, 6.07) is 2.32. The van der Waals surface area contributed by atoms with Gasteiger partial charge in [0, 0.05) is 43.5 Å². The SMILES string of the molecule is CN1CCN(c2cc(C3CC3)cn3cc(CN=[N+]=[N-])nc23)CC1. The smallest absolute Gasteiger partial charge is 0.160 e. The molecule has 0 bridgehead atoms. The summed E-state index contributed by atoms with van der Waals surface area (Å²) in [5, 5.41) is 3.64. The fourth-order valence-corrected chi connectivity index (χ4v) is 3.25. The van der Waals surface area contributed by atoms with Crippen molar-refractivity contribution in [3.63, 3.8) is 0 Å². The van der Waals surface area contributed by atoms with E-state index in [2.05, 4.69) is 43.5 Å². The molecule has 1 aliphatic heterocycles. The fraction of sp³-hybridized carbons (Fsp3) is 0.562. The highest BCUT2D eigenvalue weighted by atomic mass is 15.3. The molecule has 0 N–H and O–H groups in total. The van der Waals surface area contributed by atoms with Gasteiger partial charge in [-0.3, -0.25) is 0 Å². The molecule has 2 aromatic rings.